The summed E-state index contributed by atoms with van der Waals surface area (Å²) in [6.07, 6.45) is 4.35. The van der Waals surface area contributed by atoms with Crippen molar-refractivity contribution in [3.05, 3.63) is 59.7 Å². The van der Waals surface area contributed by atoms with Crippen LogP contribution in [0.25, 0.3) is 0 Å². The molecular formula is C21H25N3O4S. The molecule has 0 radical (unpaired) electrons. The zero-order valence-corrected chi connectivity index (χ0v) is 17.2. The fourth-order valence-corrected chi connectivity index (χ4v) is 4.60. The summed E-state index contributed by atoms with van der Waals surface area (Å²) in [5, 5.41) is 3.95. The maximum Gasteiger partial charge on any atom is 0.271 e. The van der Waals surface area contributed by atoms with Gasteiger partial charge in [0.1, 0.15) is 5.75 Å². The highest BCUT2D eigenvalue weighted by molar-refractivity contribution is 7.89. The fraction of sp³-hybridized carbons (Fsp3) is 0.333. The van der Waals surface area contributed by atoms with Crippen LogP contribution in [0.3, 0.4) is 0 Å². The SMILES string of the molecule is CCOc1ccc(/C=N\NC(=O)c2ccc(S(=O)(=O)N3CCCCC3)cc2)cc1. The standard InChI is InChI=1S/C21H25N3O4S/c1-2-28-19-10-6-17(7-11-19)16-22-23-21(25)18-8-12-20(13-9-18)29(26,27)24-14-4-3-5-15-24/h6-13,16H,2-5,14-15H2,1H3,(H,23,25)/b22-16-. The minimum atomic E-state index is -3.50. The number of nitrogens with zero attached hydrogens (tertiary/aromatic N) is 2. The van der Waals surface area contributed by atoms with Crippen molar-refractivity contribution in [2.24, 2.45) is 5.10 Å². The lowest BCUT2D eigenvalue weighted by molar-refractivity contribution is 0.0955. The molecule has 0 aromatic heterocycles. The zero-order valence-electron chi connectivity index (χ0n) is 16.4. The van der Waals surface area contributed by atoms with Crippen LogP contribution in [-0.2, 0) is 10.0 Å². The summed E-state index contributed by atoms with van der Waals surface area (Å²) in [5.41, 5.74) is 3.60. The van der Waals surface area contributed by atoms with Gasteiger partial charge in [-0.2, -0.15) is 9.41 Å². The average Bonchev–Trinajstić information content (AvgIpc) is 2.76. The molecule has 154 valence electrons. The second-order valence-electron chi connectivity index (χ2n) is 6.69. The predicted molar refractivity (Wildman–Crippen MR) is 112 cm³/mol. The van der Waals surface area contributed by atoms with E-state index in [1.807, 2.05) is 31.2 Å². The van der Waals surface area contributed by atoms with E-state index in [9.17, 15) is 13.2 Å². The Balaban J connectivity index is 1.60. The van der Waals surface area contributed by atoms with E-state index in [-0.39, 0.29) is 4.90 Å². The molecule has 3 rings (SSSR count). The second-order valence-corrected chi connectivity index (χ2v) is 8.63. The molecule has 0 aliphatic carbocycles. The van der Waals surface area contributed by atoms with Crippen LogP contribution in [0, 0.1) is 0 Å². The summed E-state index contributed by atoms with van der Waals surface area (Å²) in [6, 6.07) is 13.3. The van der Waals surface area contributed by atoms with Crippen LogP contribution < -0.4 is 10.2 Å². The van der Waals surface area contributed by atoms with Crippen molar-refractivity contribution in [1.29, 1.82) is 0 Å². The summed E-state index contributed by atoms with van der Waals surface area (Å²) in [6.45, 7) is 3.61. The highest BCUT2D eigenvalue weighted by Gasteiger charge is 2.25. The summed E-state index contributed by atoms with van der Waals surface area (Å²) in [5.74, 6) is 0.363. The molecule has 0 atom stereocenters. The van der Waals surface area contributed by atoms with Gasteiger partial charge in [0.2, 0.25) is 10.0 Å². The number of amides is 1. The molecule has 2 aromatic carbocycles. The summed E-state index contributed by atoms with van der Waals surface area (Å²) in [7, 11) is -3.50. The third kappa shape index (κ3) is 5.42. The summed E-state index contributed by atoms with van der Waals surface area (Å²) in [4.78, 5) is 12.4. The van der Waals surface area contributed by atoms with E-state index in [1.54, 1.807) is 0 Å². The van der Waals surface area contributed by atoms with Crippen molar-refractivity contribution in [3.63, 3.8) is 0 Å². The van der Waals surface area contributed by atoms with Crippen molar-refractivity contribution in [2.45, 2.75) is 31.1 Å². The maximum absolute atomic E-state index is 12.7. The number of hydrogen-bond donors (Lipinski definition) is 1. The first-order chi connectivity index (χ1) is 14.0. The number of nitrogens with one attached hydrogen (secondary N) is 1. The van der Waals surface area contributed by atoms with Gasteiger partial charge in [0.05, 0.1) is 17.7 Å². The van der Waals surface area contributed by atoms with Gasteiger partial charge in [-0.05, 0) is 73.9 Å². The minimum absolute atomic E-state index is 0.203. The number of piperidine rings is 1. The van der Waals surface area contributed by atoms with Crippen LogP contribution >= 0.6 is 0 Å². The van der Waals surface area contributed by atoms with Gasteiger partial charge in [0, 0.05) is 18.7 Å². The first kappa shape index (κ1) is 21.0. The Morgan fingerprint density at radius 1 is 1.07 bits per heavy atom. The molecule has 8 heteroatoms. The molecule has 1 amide bonds. The first-order valence-electron chi connectivity index (χ1n) is 9.67. The minimum Gasteiger partial charge on any atom is -0.494 e. The molecule has 0 unspecified atom stereocenters. The number of benzene rings is 2. The molecule has 29 heavy (non-hydrogen) atoms. The Morgan fingerprint density at radius 3 is 2.34 bits per heavy atom. The molecule has 0 saturated carbocycles. The zero-order chi connectivity index (χ0) is 20.7. The summed E-state index contributed by atoms with van der Waals surface area (Å²) >= 11 is 0. The number of carbonyl (C=O) groups excluding carboxylic acids is 1. The highest BCUT2D eigenvalue weighted by Crippen LogP contribution is 2.20. The van der Waals surface area contributed by atoms with E-state index in [0.717, 1.165) is 30.6 Å². The molecule has 1 heterocycles. The van der Waals surface area contributed by atoms with Crippen LogP contribution in [0.1, 0.15) is 42.1 Å². The highest BCUT2D eigenvalue weighted by atomic mass is 32.2. The molecule has 7 nitrogen and oxygen atoms in total. The van der Waals surface area contributed by atoms with Crippen molar-refractivity contribution in [1.82, 2.24) is 9.73 Å². The second kappa shape index (κ2) is 9.67. The molecule has 1 aliphatic heterocycles. The third-order valence-electron chi connectivity index (χ3n) is 4.64. The van der Waals surface area contributed by atoms with Crippen molar-refractivity contribution >= 4 is 22.1 Å². The van der Waals surface area contributed by atoms with Crippen LogP contribution in [0.15, 0.2) is 58.5 Å². The van der Waals surface area contributed by atoms with E-state index < -0.39 is 15.9 Å². The van der Waals surface area contributed by atoms with E-state index in [4.69, 9.17) is 4.74 Å². The Labute approximate surface area is 171 Å². The molecule has 1 saturated heterocycles. The van der Waals surface area contributed by atoms with Crippen molar-refractivity contribution in [2.75, 3.05) is 19.7 Å². The van der Waals surface area contributed by atoms with Gasteiger partial charge in [-0.1, -0.05) is 6.42 Å². The Morgan fingerprint density at radius 2 is 1.72 bits per heavy atom. The number of carbonyl (C=O) groups is 1. The lowest BCUT2D eigenvalue weighted by atomic mass is 10.2. The van der Waals surface area contributed by atoms with E-state index >= 15 is 0 Å². The van der Waals surface area contributed by atoms with Crippen molar-refractivity contribution < 1.29 is 17.9 Å². The molecule has 0 spiro atoms. The van der Waals surface area contributed by atoms with Gasteiger partial charge in [-0.25, -0.2) is 13.8 Å². The quantitative estimate of drug-likeness (QED) is 0.556. The van der Waals surface area contributed by atoms with Gasteiger partial charge in [0.25, 0.3) is 5.91 Å². The van der Waals surface area contributed by atoms with Gasteiger partial charge >= 0.3 is 0 Å². The van der Waals surface area contributed by atoms with Crippen LogP contribution in [0.2, 0.25) is 0 Å². The summed E-state index contributed by atoms with van der Waals surface area (Å²) < 4.78 is 32.2. The third-order valence-corrected chi connectivity index (χ3v) is 6.55. The van der Waals surface area contributed by atoms with Crippen LogP contribution in [0.4, 0.5) is 0 Å². The molecular weight excluding hydrogens is 390 g/mol. The normalized spacial score (nSPS) is 15.3. The molecule has 1 fully saturated rings. The average molecular weight is 416 g/mol. The van der Waals surface area contributed by atoms with E-state index in [1.165, 1.54) is 34.8 Å². The molecule has 2 aromatic rings. The first-order valence-corrected chi connectivity index (χ1v) is 11.1. The smallest absolute Gasteiger partial charge is 0.271 e. The molecule has 1 aliphatic rings. The number of hydrazone groups is 1. The lowest BCUT2D eigenvalue weighted by Gasteiger charge is -2.25. The maximum atomic E-state index is 12.7. The molecule has 0 bridgehead atoms. The van der Waals surface area contributed by atoms with Crippen LogP contribution in [-0.4, -0.2) is 44.5 Å². The van der Waals surface area contributed by atoms with Gasteiger partial charge in [0.15, 0.2) is 0 Å². The van der Waals surface area contributed by atoms with Crippen LogP contribution in [0.5, 0.6) is 5.75 Å². The topological polar surface area (TPSA) is 88.1 Å². The van der Waals surface area contributed by atoms with Gasteiger partial charge in [-0.15, -0.1) is 0 Å². The monoisotopic (exact) mass is 415 g/mol. The van der Waals surface area contributed by atoms with Gasteiger partial charge < -0.3 is 4.74 Å². The Bertz CT molecular complexity index is 948. The van der Waals surface area contributed by atoms with E-state index in [0.29, 0.717) is 25.3 Å². The predicted octanol–water partition coefficient (Wildman–Crippen LogP) is 3.02. The Kier molecular flexibility index (Phi) is 7.00. The van der Waals surface area contributed by atoms with E-state index in [2.05, 4.69) is 10.5 Å². The van der Waals surface area contributed by atoms with Crippen molar-refractivity contribution in [3.8, 4) is 5.75 Å². The largest absolute Gasteiger partial charge is 0.494 e. The number of hydrogen-bond acceptors (Lipinski definition) is 5. The van der Waals surface area contributed by atoms with Gasteiger partial charge in [-0.3, -0.25) is 4.79 Å². The number of rotatable bonds is 7. The molecule has 1 N–H and O–H groups in total. The number of sulfonamides is 1. The lowest BCUT2D eigenvalue weighted by Crippen LogP contribution is -2.35. The Hall–Kier alpha value is -2.71. The number of ether oxygens (including phenoxy) is 1. The fourth-order valence-electron chi connectivity index (χ4n) is 3.08.